The molecule has 0 heterocycles. The maximum atomic E-state index is 11.9. The van der Waals surface area contributed by atoms with Crippen molar-refractivity contribution >= 4 is 37.0 Å². The third-order valence-corrected chi connectivity index (χ3v) is 6.55. The van der Waals surface area contributed by atoms with E-state index in [-0.39, 0.29) is 172 Å². The Bertz CT molecular complexity index is 2170. The molecule has 4 aromatic rings. The maximum absolute atomic E-state index is 11.9. The standard InChI is InChI=1S/2C17H18N2O4.2C3H7NO.2Cu.4NO3.2Tb/c2*1-23-15-8-4-6-13(16(15)21)17(22)19-10-9-18-11-12-5-2-3-7-14(12)20;2*1-4(2)3-5;;;4*2-1(3)4;;/h2*2-8,11,20-21H,9-10H2,1H3,(H,19,22);2*3H,1-2H3;;;;;;;;/q;;;;2*+2;4*-1;2*+3/p-6. The third kappa shape index (κ3) is 52.2. The number of aliphatic imine (C=N–C) groups is 4. The zero-order valence-corrected chi connectivity index (χ0v) is 46.1. The van der Waals surface area contributed by atoms with E-state index >= 15 is 0 Å². The molecule has 4 aromatic carbocycles. The van der Waals surface area contributed by atoms with Crippen LogP contribution in [-0.4, -0.2) is 136 Å². The molecule has 32 nitrogen and oxygen atoms in total. The molecule has 0 bridgehead atoms. The van der Waals surface area contributed by atoms with E-state index in [2.05, 4.69) is 20.0 Å². The molecule has 426 valence electrons. The number of nitrogens with zero attached hydrogens (tertiary/aromatic N) is 10. The number of amides is 2. The van der Waals surface area contributed by atoms with Gasteiger partial charge in [-0.3, -0.25) is 29.6 Å². The molecular weight excluding hydrogens is 1420 g/mol. The van der Waals surface area contributed by atoms with Crippen LogP contribution in [0.5, 0.6) is 34.5 Å². The number of carbonyl (C=O) groups excluding carboxylic acids is 2. The normalized spacial score (nSPS) is 9.29. The molecule has 4 rings (SSSR count). The number of methoxy groups -OCH3 is 2. The molecular formula is C40H44Cu2N10O22Tb2. The summed E-state index contributed by atoms with van der Waals surface area (Å²) in [5.74, 6) is -2.18. The van der Waals surface area contributed by atoms with Gasteiger partial charge in [0.1, 0.15) is 11.5 Å². The number of benzene rings is 4. The van der Waals surface area contributed by atoms with Gasteiger partial charge in [-0.15, -0.1) is 11.5 Å². The van der Waals surface area contributed by atoms with E-state index < -0.39 is 43.6 Å². The first-order chi connectivity index (χ1) is 33.7. The predicted octanol–water partition coefficient (Wildman–Crippen LogP) is -1.42. The number of hydrogen-bond donors (Lipinski definition) is 0. The van der Waals surface area contributed by atoms with Crippen LogP contribution >= 0.6 is 0 Å². The molecule has 0 fully saturated rings. The summed E-state index contributed by atoms with van der Waals surface area (Å²) in [6.07, 6.45) is 4.40. The summed E-state index contributed by atoms with van der Waals surface area (Å²) in [4.78, 5) is 70.4. The van der Waals surface area contributed by atoms with E-state index in [1.165, 1.54) is 72.8 Å². The quantitative estimate of drug-likeness (QED) is 0.0266. The summed E-state index contributed by atoms with van der Waals surface area (Å²) in [6, 6.07) is 22.0. The second-order valence-electron chi connectivity index (χ2n) is 12.2. The second-order valence-corrected chi connectivity index (χ2v) is 12.2. The van der Waals surface area contributed by atoms with Crippen LogP contribution in [0.1, 0.15) is 22.3 Å². The van der Waals surface area contributed by atoms with Crippen LogP contribution in [0.2, 0.25) is 0 Å². The number of carbonyl (C=O) groups is 2. The molecule has 0 saturated carbocycles. The van der Waals surface area contributed by atoms with Gasteiger partial charge in [0.15, 0.2) is 0 Å². The molecule has 0 atom stereocenters. The van der Waals surface area contributed by atoms with Crippen LogP contribution in [0.25, 0.3) is 0 Å². The SMILES string of the molecule is CN(C)C=O.CN(C)C=O.COc1cccc(C([O-])=NCCN=Cc2ccccc2[O-])c1[O-].COc1cccc(C([O-])=NCCN=Cc2ccccc2[O-])c1[O-].O=[N+]([O-])[O-].O=[N+]([O-])[O-].O=[N+]([O-])[O-].O=[N+]([O-])[O-].[Cu+2].[Cu+2].[Tb+3].[Tb+3]. The fourth-order valence-electron chi connectivity index (χ4n) is 3.78. The Balaban J connectivity index is -0.000000134. The summed E-state index contributed by atoms with van der Waals surface area (Å²) in [5.41, 5.74) is 0.901. The van der Waals surface area contributed by atoms with Gasteiger partial charge >= 0.3 is 111 Å². The summed E-state index contributed by atoms with van der Waals surface area (Å²) in [6.45, 7) is 0.760. The molecule has 0 aliphatic rings. The van der Waals surface area contributed by atoms with E-state index in [1.54, 1.807) is 76.7 Å². The van der Waals surface area contributed by atoms with E-state index in [4.69, 9.17) is 70.8 Å². The Hall–Kier alpha value is -6.69. The molecule has 2 amide bonds. The topological polar surface area (TPSA) is 512 Å². The number of para-hydroxylation sites is 4. The molecule has 2 radical (unpaired) electrons. The molecule has 76 heavy (non-hydrogen) atoms. The van der Waals surface area contributed by atoms with Crippen molar-refractivity contribution in [3.05, 3.63) is 168 Å². The fourth-order valence-corrected chi connectivity index (χ4v) is 3.78. The molecule has 0 aliphatic carbocycles. The first-order valence-corrected chi connectivity index (χ1v) is 18.9. The Kier molecular flexibility index (Phi) is 61.8. The molecule has 0 aromatic heterocycles. The third-order valence-electron chi connectivity index (χ3n) is 6.55. The molecule has 0 unspecified atom stereocenters. The number of rotatable bonds is 14. The molecule has 0 saturated heterocycles. The number of hydrogen-bond acceptors (Lipinski definition) is 26. The van der Waals surface area contributed by atoms with Crippen LogP contribution in [-0.2, 0) is 43.7 Å². The average molecular weight is 1460 g/mol. The Morgan fingerprint density at radius 1 is 0.487 bits per heavy atom. The monoisotopic (exact) mass is 1460 g/mol. The summed E-state index contributed by atoms with van der Waals surface area (Å²) in [7, 11) is 9.48. The van der Waals surface area contributed by atoms with Crippen molar-refractivity contribution in [1.82, 2.24) is 9.80 Å². The minimum absolute atomic E-state index is 0. The Morgan fingerprint density at radius 3 is 0.961 bits per heavy atom. The minimum Gasteiger partial charge on any atom is -0.872 e. The number of ether oxygens (including phenoxy) is 2. The van der Waals surface area contributed by atoms with Crippen molar-refractivity contribution < 1.29 is 181 Å². The van der Waals surface area contributed by atoms with Crippen LogP contribution in [0.15, 0.2) is 105 Å². The van der Waals surface area contributed by atoms with E-state index in [0.29, 0.717) is 11.1 Å². The predicted molar refractivity (Wildman–Crippen MR) is 245 cm³/mol. The molecule has 36 heteroatoms. The van der Waals surface area contributed by atoms with Gasteiger partial charge in [0, 0.05) is 40.6 Å². The van der Waals surface area contributed by atoms with Crippen molar-refractivity contribution in [2.24, 2.45) is 20.0 Å². The summed E-state index contributed by atoms with van der Waals surface area (Å²) >= 11 is 0. The van der Waals surface area contributed by atoms with Gasteiger partial charge in [0.25, 0.3) is 0 Å². The Morgan fingerprint density at radius 2 is 0.737 bits per heavy atom. The van der Waals surface area contributed by atoms with E-state index in [9.17, 15) is 40.2 Å². The zero-order valence-electron chi connectivity index (χ0n) is 39.9. The first-order valence-electron chi connectivity index (χ1n) is 18.9. The van der Waals surface area contributed by atoms with Gasteiger partial charge in [-0.2, -0.15) is 0 Å². The van der Waals surface area contributed by atoms with E-state index in [1.807, 2.05) is 0 Å². The van der Waals surface area contributed by atoms with Crippen molar-refractivity contribution in [3.63, 3.8) is 0 Å². The van der Waals surface area contributed by atoms with Crippen LogP contribution in [0, 0.1) is 139 Å². The minimum atomic E-state index is -1.75. The average Bonchev–Trinajstić information content (AvgIpc) is 3.29. The van der Waals surface area contributed by atoms with Gasteiger partial charge in [0.2, 0.25) is 12.8 Å². The van der Waals surface area contributed by atoms with Crippen LogP contribution < -0.4 is 40.1 Å². The van der Waals surface area contributed by atoms with Crippen LogP contribution in [0.4, 0.5) is 0 Å². The van der Waals surface area contributed by atoms with Gasteiger partial charge in [-0.1, -0.05) is 84.3 Å². The summed E-state index contributed by atoms with van der Waals surface area (Å²) < 4.78 is 9.76. The Labute approximate surface area is 515 Å². The largest absolute Gasteiger partial charge is 3.00 e. The van der Waals surface area contributed by atoms with Crippen molar-refractivity contribution in [2.45, 2.75) is 0 Å². The van der Waals surface area contributed by atoms with Crippen molar-refractivity contribution in [1.29, 1.82) is 0 Å². The van der Waals surface area contributed by atoms with E-state index in [0.717, 1.165) is 12.8 Å². The smallest absolute Gasteiger partial charge is 0.872 e. The summed E-state index contributed by atoms with van der Waals surface area (Å²) in [5, 5.41) is 129. The van der Waals surface area contributed by atoms with Crippen molar-refractivity contribution in [3.8, 4) is 34.5 Å². The maximum Gasteiger partial charge on any atom is 3.00 e. The van der Waals surface area contributed by atoms with Gasteiger partial charge in [0.05, 0.1) is 60.7 Å². The van der Waals surface area contributed by atoms with Gasteiger partial charge < -0.3 is 111 Å². The zero-order chi connectivity index (χ0) is 56.2. The second kappa shape index (κ2) is 54.6. The van der Waals surface area contributed by atoms with Crippen molar-refractivity contribution in [2.75, 3.05) is 68.6 Å². The van der Waals surface area contributed by atoms with Gasteiger partial charge in [-0.05, 0) is 46.2 Å². The fraction of sp³-hybridized carbons (Fsp3) is 0.250. The van der Waals surface area contributed by atoms with Gasteiger partial charge in [-0.25, -0.2) is 0 Å². The molecule has 0 spiro atoms. The first kappa shape index (κ1) is 86.0. The molecule has 0 aliphatic heterocycles. The molecule has 0 N–H and O–H groups in total. The van der Waals surface area contributed by atoms with Crippen LogP contribution in [0.3, 0.4) is 0 Å².